The minimum absolute atomic E-state index is 0.0218. The van der Waals surface area contributed by atoms with Crippen LogP contribution in [0.4, 0.5) is 5.82 Å². The third-order valence-electron chi connectivity index (χ3n) is 6.01. The number of aromatic hydroxyl groups is 1. The number of carbonyl (C=O) groups excluding carboxylic acids is 1. The van der Waals surface area contributed by atoms with Gasteiger partial charge in [-0.3, -0.25) is 14.9 Å². The summed E-state index contributed by atoms with van der Waals surface area (Å²) in [5, 5.41) is 21.3. The number of nitrogens with zero attached hydrogens (tertiary/aromatic N) is 3. The van der Waals surface area contributed by atoms with Crippen LogP contribution in [0.2, 0.25) is 0 Å². The number of pyridine rings is 1. The number of anilines is 1. The van der Waals surface area contributed by atoms with Gasteiger partial charge < -0.3 is 19.5 Å². The Bertz CT molecular complexity index is 1350. The molecule has 3 aromatic rings. The number of phenols is 1. The third kappa shape index (κ3) is 5.64. The number of rotatable bonds is 8. The Kier molecular flexibility index (Phi) is 7.58. The first kappa shape index (κ1) is 25.9. The molecule has 1 saturated heterocycles. The third-order valence-corrected chi connectivity index (χ3v) is 7.79. The predicted octanol–water partition coefficient (Wildman–Crippen LogP) is 3.06. The number of aromatic nitrogens is 1. The number of esters is 1. The van der Waals surface area contributed by atoms with Crippen molar-refractivity contribution in [2.75, 3.05) is 18.1 Å². The molecular formula is C25H25N3O8S. The van der Waals surface area contributed by atoms with Crippen molar-refractivity contribution >= 4 is 21.6 Å². The van der Waals surface area contributed by atoms with E-state index in [1.165, 1.54) is 48.5 Å². The summed E-state index contributed by atoms with van der Waals surface area (Å²) in [6.07, 6.45) is 0.711. The Morgan fingerprint density at radius 3 is 2.32 bits per heavy atom. The Hall–Kier alpha value is -4.19. The number of hydrogen-bond donors (Lipinski definition) is 1. The number of piperidine rings is 1. The Labute approximate surface area is 213 Å². The average Bonchev–Trinajstić information content (AvgIpc) is 2.89. The predicted molar refractivity (Wildman–Crippen MR) is 132 cm³/mol. The average molecular weight is 528 g/mol. The molecule has 3 unspecified atom stereocenters. The lowest BCUT2D eigenvalue weighted by molar-refractivity contribution is -0.529. The molecule has 2 aromatic carbocycles. The zero-order valence-corrected chi connectivity index (χ0v) is 20.7. The van der Waals surface area contributed by atoms with Crippen LogP contribution in [0.3, 0.4) is 0 Å². The molecule has 37 heavy (non-hydrogen) atoms. The van der Waals surface area contributed by atoms with E-state index in [9.17, 15) is 28.4 Å². The van der Waals surface area contributed by atoms with E-state index in [0.717, 1.165) is 0 Å². The molecule has 2 heterocycles. The van der Waals surface area contributed by atoms with E-state index in [-0.39, 0.29) is 35.1 Å². The molecule has 0 aliphatic carbocycles. The van der Waals surface area contributed by atoms with Crippen LogP contribution >= 0.6 is 0 Å². The Morgan fingerprint density at radius 1 is 1.11 bits per heavy atom. The summed E-state index contributed by atoms with van der Waals surface area (Å²) in [5.74, 6) is -1.01. The van der Waals surface area contributed by atoms with Gasteiger partial charge in [0.2, 0.25) is 15.9 Å². The first-order valence-corrected chi connectivity index (χ1v) is 13.0. The maximum absolute atomic E-state index is 12.9. The van der Waals surface area contributed by atoms with Crippen LogP contribution in [0.1, 0.15) is 13.3 Å². The largest absolute Gasteiger partial charge is 0.508 e. The van der Waals surface area contributed by atoms with E-state index in [1.54, 1.807) is 36.2 Å². The minimum atomic E-state index is -3.83. The summed E-state index contributed by atoms with van der Waals surface area (Å²) in [5.41, 5.74) is 0. The van der Waals surface area contributed by atoms with Crippen molar-refractivity contribution in [3.63, 3.8) is 0 Å². The smallest absolute Gasteiger partial charge is 0.316 e. The molecule has 3 atom stereocenters. The van der Waals surface area contributed by atoms with Gasteiger partial charge >= 0.3 is 5.97 Å². The standard InChI is InChI=1S/C25H25N3O8S/c1-2-35-25(30)21-15-24(27(16-22(21)28(31)32)23-5-3-4-14-26-23)36-18-8-12-20(13-9-18)37(33,34)19-10-6-17(29)7-11-19/h3-14,21-22,24,29H,2,15-16H2,1H3. The Morgan fingerprint density at radius 2 is 1.76 bits per heavy atom. The number of phenolic OH excluding ortho intramolecular Hbond substituents is 1. The highest BCUT2D eigenvalue weighted by Gasteiger charge is 2.48. The number of hydrogen-bond acceptors (Lipinski definition) is 10. The van der Waals surface area contributed by atoms with Crippen molar-refractivity contribution in [2.45, 2.75) is 35.4 Å². The highest BCUT2D eigenvalue weighted by atomic mass is 32.2. The van der Waals surface area contributed by atoms with Crippen LogP contribution in [0.5, 0.6) is 11.5 Å². The molecule has 1 aromatic heterocycles. The number of carbonyl (C=O) groups is 1. The fourth-order valence-corrected chi connectivity index (χ4v) is 5.42. The number of sulfone groups is 1. The molecule has 12 heteroatoms. The van der Waals surface area contributed by atoms with Crippen LogP contribution in [0.15, 0.2) is 82.7 Å². The van der Waals surface area contributed by atoms with Gasteiger partial charge in [-0.1, -0.05) is 6.07 Å². The molecular weight excluding hydrogens is 502 g/mol. The highest BCUT2D eigenvalue weighted by Crippen LogP contribution is 2.32. The summed E-state index contributed by atoms with van der Waals surface area (Å²) in [7, 11) is -3.83. The number of nitro groups is 1. The quantitative estimate of drug-likeness (QED) is 0.263. The van der Waals surface area contributed by atoms with E-state index in [2.05, 4.69) is 4.98 Å². The zero-order valence-electron chi connectivity index (χ0n) is 19.8. The summed E-state index contributed by atoms with van der Waals surface area (Å²) >= 11 is 0. The molecule has 0 radical (unpaired) electrons. The normalized spacial score (nSPS) is 19.7. The molecule has 1 aliphatic heterocycles. The fourth-order valence-electron chi connectivity index (χ4n) is 4.16. The van der Waals surface area contributed by atoms with Crippen molar-refractivity contribution in [2.24, 2.45) is 5.92 Å². The summed E-state index contributed by atoms with van der Waals surface area (Å²) < 4.78 is 37.0. The van der Waals surface area contributed by atoms with Crippen molar-refractivity contribution in [1.29, 1.82) is 0 Å². The van der Waals surface area contributed by atoms with Gasteiger partial charge in [-0.05, 0) is 67.6 Å². The SMILES string of the molecule is CCOC(=O)C1CC(Oc2ccc(S(=O)(=O)c3ccc(O)cc3)cc2)N(c2ccccn2)CC1[N+](=O)[O-]. The van der Waals surface area contributed by atoms with Gasteiger partial charge in [0.25, 0.3) is 0 Å². The summed E-state index contributed by atoms with van der Waals surface area (Å²) in [6, 6.07) is 14.8. The second kappa shape index (κ2) is 10.8. The van der Waals surface area contributed by atoms with Gasteiger partial charge in [0, 0.05) is 17.5 Å². The van der Waals surface area contributed by atoms with Gasteiger partial charge in [0.05, 0.1) is 22.9 Å². The molecule has 1 N–H and O–H groups in total. The maximum atomic E-state index is 12.9. The topological polar surface area (TPSA) is 149 Å². The second-order valence-corrected chi connectivity index (χ2v) is 10.3. The van der Waals surface area contributed by atoms with Crippen LogP contribution in [-0.4, -0.2) is 54.8 Å². The molecule has 0 bridgehead atoms. The van der Waals surface area contributed by atoms with Gasteiger partial charge in [-0.25, -0.2) is 13.4 Å². The summed E-state index contributed by atoms with van der Waals surface area (Å²) in [6.45, 7) is 1.58. The molecule has 0 spiro atoms. The van der Waals surface area contributed by atoms with Crippen molar-refractivity contribution in [1.82, 2.24) is 4.98 Å². The monoisotopic (exact) mass is 527 g/mol. The number of ether oxygens (including phenoxy) is 2. The molecule has 11 nitrogen and oxygen atoms in total. The molecule has 1 aliphatic rings. The molecule has 0 amide bonds. The molecule has 1 fully saturated rings. The minimum Gasteiger partial charge on any atom is -0.508 e. The lowest BCUT2D eigenvalue weighted by Crippen LogP contribution is -2.57. The van der Waals surface area contributed by atoms with Crippen LogP contribution in [0, 0.1) is 16.0 Å². The first-order chi connectivity index (χ1) is 17.7. The van der Waals surface area contributed by atoms with Crippen LogP contribution in [-0.2, 0) is 19.4 Å². The van der Waals surface area contributed by atoms with E-state index in [1.807, 2.05) is 0 Å². The zero-order chi connectivity index (χ0) is 26.6. The van der Waals surface area contributed by atoms with Crippen molar-refractivity contribution in [3.05, 3.63) is 83.0 Å². The second-order valence-electron chi connectivity index (χ2n) is 8.33. The van der Waals surface area contributed by atoms with E-state index < -0.39 is 38.9 Å². The van der Waals surface area contributed by atoms with Crippen molar-refractivity contribution < 1.29 is 32.7 Å². The summed E-state index contributed by atoms with van der Waals surface area (Å²) in [4.78, 5) is 29.8. The van der Waals surface area contributed by atoms with E-state index >= 15 is 0 Å². The van der Waals surface area contributed by atoms with Gasteiger partial charge in [-0.15, -0.1) is 0 Å². The fraction of sp³-hybridized carbons (Fsp3) is 0.280. The Balaban J connectivity index is 1.61. The number of benzene rings is 2. The molecule has 0 saturated carbocycles. The lowest BCUT2D eigenvalue weighted by atomic mass is 9.90. The van der Waals surface area contributed by atoms with Crippen LogP contribution < -0.4 is 9.64 Å². The van der Waals surface area contributed by atoms with Crippen LogP contribution in [0.25, 0.3) is 0 Å². The highest BCUT2D eigenvalue weighted by molar-refractivity contribution is 7.91. The van der Waals surface area contributed by atoms with E-state index in [4.69, 9.17) is 9.47 Å². The maximum Gasteiger partial charge on any atom is 0.316 e. The van der Waals surface area contributed by atoms with Gasteiger partial charge in [0.15, 0.2) is 6.23 Å². The van der Waals surface area contributed by atoms with Crippen molar-refractivity contribution in [3.8, 4) is 11.5 Å². The molecule has 4 rings (SSSR count). The van der Waals surface area contributed by atoms with E-state index in [0.29, 0.717) is 11.6 Å². The molecule has 194 valence electrons. The first-order valence-electron chi connectivity index (χ1n) is 11.5. The lowest BCUT2D eigenvalue weighted by Gasteiger charge is -2.40. The van der Waals surface area contributed by atoms with Gasteiger partial charge in [0.1, 0.15) is 23.2 Å². The van der Waals surface area contributed by atoms with Gasteiger partial charge in [-0.2, -0.15) is 0 Å².